The van der Waals surface area contributed by atoms with Crippen molar-refractivity contribution in [3.05, 3.63) is 35.9 Å². The summed E-state index contributed by atoms with van der Waals surface area (Å²) >= 11 is 0. The molecule has 1 aromatic rings. The minimum absolute atomic E-state index is 0.0631. The molecule has 0 aliphatic carbocycles. The molecule has 0 saturated carbocycles. The highest BCUT2D eigenvalue weighted by Gasteiger charge is 2.38. The van der Waals surface area contributed by atoms with E-state index in [-0.39, 0.29) is 19.8 Å². The smallest absolute Gasteiger partial charge is 0.465 e. The van der Waals surface area contributed by atoms with Gasteiger partial charge >= 0.3 is 18.1 Å². The molecule has 0 radical (unpaired) electrons. The Hall–Kier alpha value is -2.57. The zero-order chi connectivity index (χ0) is 17.3. The van der Waals surface area contributed by atoms with E-state index in [0.717, 1.165) is 12.7 Å². The lowest BCUT2D eigenvalue weighted by molar-refractivity contribution is -0.166. The SMILES string of the molecule is COC(=O)OCC(C)(COC(C)=O)C(=O)OCc1ccccc1. The first-order chi connectivity index (χ1) is 10.9. The van der Waals surface area contributed by atoms with Gasteiger partial charge in [0.15, 0.2) is 0 Å². The summed E-state index contributed by atoms with van der Waals surface area (Å²) < 4.78 is 19.3. The van der Waals surface area contributed by atoms with E-state index in [1.807, 2.05) is 30.3 Å². The molecule has 0 bridgehead atoms. The fourth-order valence-electron chi connectivity index (χ4n) is 1.59. The maximum absolute atomic E-state index is 12.3. The van der Waals surface area contributed by atoms with Crippen LogP contribution in [0.5, 0.6) is 0 Å². The van der Waals surface area contributed by atoms with Gasteiger partial charge in [-0.05, 0) is 12.5 Å². The van der Waals surface area contributed by atoms with Gasteiger partial charge in [-0.3, -0.25) is 9.59 Å². The minimum atomic E-state index is -1.32. The maximum atomic E-state index is 12.3. The number of carbonyl (C=O) groups excluding carboxylic acids is 3. The summed E-state index contributed by atoms with van der Waals surface area (Å²) in [6, 6.07) is 9.10. The average Bonchev–Trinajstić information content (AvgIpc) is 2.56. The van der Waals surface area contributed by atoms with Gasteiger partial charge in [0.25, 0.3) is 0 Å². The molecule has 1 unspecified atom stereocenters. The van der Waals surface area contributed by atoms with E-state index in [9.17, 15) is 14.4 Å². The number of hydrogen-bond donors (Lipinski definition) is 0. The maximum Gasteiger partial charge on any atom is 0.508 e. The van der Waals surface area contributed by atoms with E-state index in [1.165, 1.54) is 13.8 Å². The van der Waals surface area contributed by atoms with Crippen molar-refractivity contribution >= 4 is 18.1 Å². The fourth-order valence-corrected chi connectivity index (χ4v) is 1.59. The van der Waals surface area contributed by atoms with Crippen molar-refractivity contribution in [3.8, 4) is 0 Å². The van der Waals surface area contributed by atoms with Crippen LogP contribution in [-0.2, 0) is 35.1 Å². The van der Waals surface area contributed by atoms with Crippen molar-refractivity contribution < 1.29 is 33.3 Å². The topological polar surface area (TPSA) is 88.1 Å². The number of ether oxygens (including phenoxy) is 4. The van der Waals surface area contributed by atoms with Gasteiger partial charge in [0.2, 0.25) is 0 Å². The van der Waals surface area contributed by atoms with Crippen molar-refractivity contribution in [2.24, 2.45) is 5.41 Å². The highest BCUT2D eigenvalue weighted by Crippen LogP contribution is 2.21. The first-order valence-electron chi connectivity index (χ1n) is 6.92. The highest BCUT2D eigenvalue weighted by atomic mass is 16.7. The van der Waals surface area contributed by atoms with Gasteiger partial charge in [-0.25, -0.2) is 4.79 Å². The number of methoxy groups -OCH3 is 1. The predicted molar refractivity (Wildman–Crippen MR) is 79.3 cm³/mol. The number of esters is 2. The normalized spacial score (nSPS) is 12.7. The van der Waals surface area contributed by atoms with E-state index in [2.05, 4.69) is 4.74 Å². The van der Waals surface area contributed by atoms with E-state index in [4.69, 9.17) is 14.2 Å². The molecule has 0 fully saturated rings. The summed E-state index contributed by atoms with van der Waals surface area (Å²) in [7, 11) is 1.15. The second kappa shape index (κ2) is 8.77. The first kappa shape index (κ1) is 18.5. The molecule has 1 aromatic carbocycles. The van der Waals surface area contributed by atoms with Crippen LogP contribution in [0, 0.1) is 5.41 Å². The molecule has 0 N–H and O–H groups in total. The molecule has 0 amide bonds. The van der Waals surface area contributed by atoms with E-state index >= 15 is 0 Å². The highest BCUT2D eigenvalue weighted by molar-refractivity contribution is 5.78. The van der Waals surface area contributed by atoms with E-state index in [0.29, 0.717) is 0 Å². The fraction of sp³-hybridized carbons (Fsp3) is 0.438. The number of hydrogen-bond acceptors (Lipinski definition) is 7. The lowest BCUT2D eigenvalue weighted by Gasteiger charge is -2.25. The molecule has 0 aliphatic heterocycles. The number of rotatable bonds is 7. The van der Waals surface area contributed by atoms with Crippen LogP contribution in [0.15, 0.2) is 30.3 Å². The summed E-state index contributed by atoms with van der Waals surface area (Å²) in [6.45, 7) is 2.16. The molecule has 0 aromatic heterocycles. The van der Waals surface area contributed by atoms with E-state index < -0.39 is 23.5 Å². The molecule has 1 atom stereocenters. The lowest BCUT2D eigenvalue weighted by Crippen LogP contribution is -2.40. The summed E-state index contributed by atoms with van der Waals surface area (Å²) in [6.07, 6.45) is -0.935. The molecule has 23 heavy (non-hydrogen) atoms. The molecular formula is C16H20O7. The van der Waals surface area contributed by atoms with Crippen molar-refractivity contribution in [3.63, 3.8) is 0 Å². The Morgan fingerprint density at radius 2 is 1.61 bits per heavy atom. The second-order valence-corrected chi connectivity index (χ2v) is 5.15. The first-order valence-corrected chi connectivity index (χ1v) is 6.92. The third-order valence-corrected chi connectivity index (χ3v) is 2.97. The molecule has 0 spiro atoms. The van der Waals surface area contributed by atoms with Crippen LogP contribution in [0.1, 0.15) is 19.4 Å². The van der Waals surface area contributed by atoms with Crippen molar-refractivity contribution in [2.75, 3.05) is 20.3 Å². The molecule has 7 heteroatoms. The third kappa shape index (κ3) is 6.37. The molecule has 7 nitrogen and oxygen atoms in total. The Morgan fingerprint density at radius 3 is 2.17 bits per heavy atom. The molecule has 0 saturated heterocycles. The van der Waals surface area contributed by atoms with Crippen LogP contribution >= 0.6 is 0 Å². The van der Waals surface area contributed by atoms with Gasteiger partial charge in [0.05, 0.1) is 7.11 Å². The Labute approximate surface area is 134 Å². The van der Waals surface area contributed by atoms with Gasteiger partial charge in [-0.1, -0.05) is 30.3 Å². The molecule has 0 aliphatic rings. The van der Waals surface area contributed by atoms with Crippen molar-refractivity contribution in [1.29, 1.82) is 0 Å². The van der Waals surface area contributed by atoms with Crippen molar-refractivity contribution in [1.82, 2.24) is 0 Å². The van der Waals surface area contributed by atoms with Gasteiger partial charge < -0.3 is 18.9 Å². The summed E-state index contributed by atoms with van der Waals surface area (Å²) in [5, 5.41) is 0. The van der Waals surface area contributed by atoms with Crippen LogP contribution in [0.2, 0.25) is 0 Å². The quantitative estimate of drug-likeness (QED) is 0.560. The number of benzene rings is 1. The largest absolute Gasteiger partial charge is 0.508 e. The van der Waals surface area contributed by atoms with Gasteiger partial charge in [0.1, 0.15) is 25.2 Å². The molecule has 126 valence electrons. The Kier molecular flexibility index (Phi) is 7.05. The van der Waals surface area contributed by atoms with Crippen LogP contribution in [-0.4, -0.2) is 38.4 Å². The second-order valence-electron chi connectivity index (χ2n) is 5.15. The minimum Gasteiger partial charge on any atom is -0.465 e. The Balaban J connectivity index is 2.69. The van der Waals surface area contributed by atoms with Gasteiger partial charge in [-0.2, -0.15) is 0 Å². The average molecular weight is 324 g/mol. The Morgan fingerprint density at radius 1 is 1.00 bits per heavy atom. The predicted octanol–water partition coefficient (Wildman–Crippen LogP) is 2.08. The van der Waals surface area contributed by atoms with Crippen LogP contribution in [0.25, 0.3) is 0 Å². The zero-order valence-electron chi connectivity index (χ0n) is 13.4. The van der Waals surface area contributed by atoms with E-state index in [1.54, 1.807) is 0 Å². The van der Waals surface area contributed by atoms with Crippen LogP contribution in [0.3, 0.4) is 0 Å². The monoisotopic (exact) mass is 324 g/mol. The van der Waals surface area contributed by atoms with Crippen molar-refractivity contribution in [2.45, 2.75) is 20.5 Å². The zero-order valence-corrected chi connectivity index (χ0v) is 13.4. The summed E-state index contributed by atoms with van der Waals surface area (Å²) in [5.74, 6) is -1.20. The molecule has 0 heterocycles. The van der Waals surface area contributed by atoms with Crippen LogP contribution in [0.4, 0.5) is 4.79 Å². The van der Waals surface area contributed by atoms with Crippen LogP contribution < -0.4 is 0 Å². The molecule has 1 rings (SSSR count). The number of carbonyl (C=O) groups is 3. The Bertz CT molecular complexity index is 541. The summed E-state index contributed by atoms with van der Waals surface area (Å²) in [5.41, 5.74) is -0.515. The third-order valence-electron chi connectivity index (χ3n) is 2.97. The summed E-state index contributed by atoms with van der Waals surface area (Å²) in [4.78, 5) is 34.4. The molecular weight excluding hydrogens is 304 g/mol. The van der Waals surface area contributed by atoms with Gasteiger partial charge in [0, 0.05) is 6.92 Å². The standard InChI is InChI=1S/C16H20O7/c1-12(17)22-10-16(2,11-23-15(19)20-3)14(18)21-9-13-7-5-4-6-8-13/h4-8H,9-11H2,1-3H3. The van der Waals surface area contributed by atoms with Gasteiger partial charge in [-0.15, -0.1) is 0 Å². The lowest BCUT2D eigenvalue weighted by atomic mass is 9.93.